The molecule has 0 fully saturated rings. The number of nitrogens with two attached hydrogens (primary N) is 1. The van der Waals surface area contributed by atoms with Crippen LogP contribution >= 0.6 is 0 Å². The summed E-state index contributed by atoms with van der Waals surface area (Å²) in [5, 5.41) is 23.7. The molecule has 0 radical (unpaired) electrons. The maximum Gasteiger partial charge on any atom is 0.243 e. The van der Waals surface area contributed by atoms with E-state index in [9.17, 15) is 13.5 Å². The van der Waals surface area contributed by atoms with Crippen LogP contribution in [0.1, 0.15) is 25.2 Å². The Bertz CT molecular complexity index is 1150. The molecule has 0 saturated carbocycles. The number of sulfonamides is 1. The van der Waals surface area contributed by atoms with E-state index < -0.39 is 22.2 Å². The summed E-state index contributed by atoms with van der Waals surface area (Å²) in [4.78, 5) is 10.6. The van der Waals surface area contributed by atoms with E-state index in [2.05, 4.69) is 14.9 Å². The third-order valence-corrected chi connectivity index (χ3v) is 6.86. The van der Waals surface area contributed by atoms with Crippen molar-refractivity contribution in [1.29, 1.82) is 5.41 Å². The van der Waals surface area contributed by atoms with Crippen molar-refractivity contribution in [3.63, 3.8) is 0 Å². The van der Waals surface area contributed by atoms with Crippen LogP contribution in [-0.2, 0) is 21.3 Å². The van der Waals surface area contributed by atoms with Crippen LogP contribution in [0.15, 0.2) is 53.4 Å². The molecular formula is C23H33N5O5S. The molecule has 6 N–H and O–H groups in total. The maximum atomic E-state index is 13.4. The van der Waals surface area contributed by atoms with Gasteiger partial charge in [-0.1, -0.05) is 44.2 Å². The van der Waals surface area contributed by atoms with Gasteiger partial charge < -0.3 is 20.7 Å². The molecule has 0 aliphatic rings. The molecule has 3 aromatic rings. The van der Waals surface area contributed by atoms with Crippen LogP contribution in [0, 0.1) is 18.3 Å². The first-order chi connectivity index (χ1) is 16.1. The molecule has 0 spiro atoms. The zero-order valence-electron chi connectivity index (χ0n) is 19.5. The van der Waals surface area contributed by atoms with Crippen molar-refractivity contribution in [3.8, 4) is 0 Å². The van der Waals surface area contributed by atoms with E-state index in [1.807, 2.05) is 51.1 Å². The van der Waals surface area contributed by atoms with Crippen LogP contribution in [0.2, 0.25) is 0 Å². The van der Waals surface area contributed by atoms with E-state index in [-0.39, 0.29) is 23.9 Å². The van der Waals surface area contributed by atoms with Crippen LogP contribution in [0.25, 0.3) is 11.0 Å². The van der Waals surface area contributed by atoms with Crippen LogP contribution in [0.4, 0.5) is 0 Å². The largest absolute Gasteiger partial charge is 0.390 e. The minimum absolute atomic E-state index is 0.0610. The first kappa shape index (κ1) is 27.4. The molecular weight excluding hydrogens is 458 g/mol. The van der Waals surface area contributed by atoms with Gasteiger partial charge in [0.15, 0.2) is 0 Å². The molecule has 3 rings (SSSR count). The number of aromatic nitrogens is 2. The Morgan fingerprint density at radius 2 is 1.85 bits per heavy atom. The highest BCUT2D eigenvalue weighted by Crippen LogP contribution is 2.22. The van der Waals surface area contributed by atoms with Gasteiger partial charge in [0.2, 0.25) is 16.4 Å². The van der Waals surface area contributed by atoms with E-state index >= 15 is 0 Å². The van der Waals surface area contributed by atoms with Crippen LogP contribution in [0.5, 0.6) is 0 Å². The molecule has 0 aliphatic carbocycles. The summed E-state index contributed by atoms with van der Waals surface area (Å²) < 4.78 is 28.1. The zero-order chi connectivity index (χ0) is 25.3. The predicted octanol–water partition coefficient (Wildman–Crippen LogP) is 2.53. The average molecular weight is 492 g/mol. The zero-order valence-corrected chi connectivity index (χ0v) is 20.4. The lowest BCUT2D eigenvalue weighted by Crippen LogP contribution is -2.47. The molecule has 11 heteroatoms. The Hall–Kier alpha value is -2.83. The summed E-state index contributed by atoms with van der Waals surface area (Å²) in [6, 6.07) is 13.9. The number of rotatable bonds is 10. The van der Waals surface area contributed by atoms with Gasteiger partial charge in [-0.05, 0) is 43.0 Å². The summed E-state index contributed by atoms with van der Waals surface area (Å²) in [5.74, 6) is 0.816. The third kappa shape index (κ3) is 7.61. The fourth-order valence-corrected chi connectivity index (χ4v) is 5.12. The van der Waals surface area contributed by atoms with Crippen molar-refractivity contribution < 1.29 is 23.7 Å². The monoisotopic (exact) mass is 491 g/mol. The lowest BCUT2D eigenvalue weighted by molar-refractivity contribution is -0.148. The van der Waals surface area contributed by atoms with Crippen LogP contribution in [-0.4, -0.2) is 64.7 Å². The molecule has 0 saturated heterocycles. The van der Waals surface area contributed by atoms with Gasteiger partial charge in [-0.25, -0.2) is 18.7 Å². The Labute approximate surface area is 199 Å². The minimum Gasteiger partial charge on any atom is -0.390 e. The van der Waals surface area contributed by atoms with Gasteiger partial charge in [-0.3, -0.25) is 5.41 Å². The van der Waals surface area contributed by atoms with E-state index in [4.69, 9.17) is 16.4 Å². The minimum atomic E-state index is -3.81. The molecule has 1 unspecified atom stereocenters. The molecule has 1 heterocycles. The van der Waals surface area contributed by atoms with Crippen molar-refractivity contribution in [2.75, 3.05) is 13.1 Å². The van der Waals surface area contributed by atoms with Crippen molar-refractivity contribution in [2.24, 2.45) is 11.7 Å². The Morgan fingerprint density at radius 3 is 2.44 bits per heavy atom. The number of nitrogens with zero attached hydrogens (tertiary/aromatic N) is 2. The van der Waals surface area contributed by atoms with E-state index in [1.165, 1.54) is 4.31 Å². The Kier molecular flexibility index (Phi) is 10.1. The molecule has 0 amide bonds. The number of aliphatic hydroxyl groups is 1. The number of hydrogen-bond acceptors (Lipinski definition) is 8. The highest BCUT2D eigenvalue weighted by Gasteiger charge is 2.29. The molecule has 2 aromatic carbocycles. The number of aromatic amines is 1. The third-order valence-electron chi connectivity index (χ3n) is 5.03. The number of nitrogens with one attached hydrogen (secondary N) is 2. The van der Waals surface area contributed by atoms with Crippen molar-refractivity contribution >= 4 is 27.5 Å². The smallest absolute Gasteiger partial charge is 0.243 e. The normalized spacial score (nSPS) is 13.4. The van der Waals surface area contributed by atoms with Gasteiger partial charge >= 0.3 is 0 Å². The fourth-order valence-electron chi connectivity index (χ4n) is 3.47. The number of H-pyrrole nitrogens is 1. The lowest BCUT2D eigenvalue weighted by Gasteiger charge is -2.28. The lowest BCUT2D eigenvalue weighted by atomic mass is 10.0. The Balaban J connectivity index is 0.000000945. The topological polar surface area (TPSA) is 166 Å². The molecule has 0 aliphatic heterocycles. The standard InChI is InChI=1S/C22H30N4O3S.CH3NO2/c1-15(2)13-26(14-22(27)19(23)11-17-7-5-4-6-8-17)30(28,29)18-9-10-20-21(12-18)25-16(3)24-20;2-1-4-3/h4-10,12,15,19,22,27H,11,13-14,23H2,1-3H3,(H,24,25);1-3H/t19-,22?;/m0./s1. The van der Waals surface area contributed by atoms with E-state index in [0.29, 0.717) is 23.9 Å². The van der Waals surface area contributed by atoms with Gasteiger partial charge in [0.25, 0.3) is 0 Å². The number of imidazole rings is 1. The highest BCUT2D eigenvalue weighted by molar-refractivity contribution is 7.89. The molecule has 0 bridgehead atoms. The van der Waals surface area contributed by atoms with Gasteiger partial charge in [0.05, 0.1) is 22.0 Å². The second-order valence-electron chi connectivity index (χ2n) is 8.36. The summed E-state index contributed by atoms with van der Waals surface area (Å²) in [6.45, 7) is 5.94. The summed E-state index contributed by atoms with van der Waals surface area (Å²) in [5.41, 5.74) is 8.59. The van der Waals surface area contributed by atoms with Crippen molar-refractivity contribution in [1.82, 2.24) is 14.3 Å². The number of aliphatic hydroxyl groups excluding tert-OH is 1. The maximum absolute atomic E-state index is 13.4. The number of fused-ring (bicyclic) bond motifs is 1. The van der Waals surface area contributed by atoms with Crippen molar-refractivity contribution in [2.45, 2.75) is 44.2 Å². The summed E-state index contributed by atoms with van der Waals surface area (Å²) in [6.07, 6.45) is -0.0893. The molecule has 186 valence electrons. The SMILES string of the molecule is Cc1nc2ccc(S(=O)(=O)N(CC(C)C)CC(O)[C@@H](N)Cc3ccccc3)cc2[nH]1.N=COO. The first-order valence-electron chi connectivity index (χ1n) is 10.8. The summed E-state index contributed by atoms with van der Waals surface area (Å²) in [7, 11) is -3.81. The van der Waals surface area contributed by atoms with Crippen LogP contribution in [0.3, 0.4) is 0 Å². The number of aryl methyl sites for hydroxylation is 1. The van der Waals surface area contributed by atoms with Gasteiger partial charge in [0.1, 0.15) is 5.82 Å². The molecule has 34 heavy (non-hydrogen) atoms. The molecule has 2 atom stereocenters. The van der Waals surface area contributed by atoms with E-state index in [0.717, 1.165) is 11.4 Å². The molecule has 10 nitrogen and oxygen atoms in total. The first-order valence-corrected chi connectivity index (χ1v) is 12.3. The Morgan fingerprint density at radius 1 is 1.21 bits per heavy atom. The average Bonchev–Trinajstić information content (AvgIpc) is 3.18. The van der Waals surface area contributed by atoms with Crippen molar-refractivity contribution in [3.05, 3.63) is 59.9 Å². The van der Waals surface area contributed by atoms with Gasteiger partial charge in [0, 0.05) is 19.1 Å². The fraction of sp³-hybridized carbons (Fsp3) is 0.391. The number of hydrogen-bond donors (Lipinski definition) is 5. The molecule has 1 aromatic heterocycles. The predicted molar refractivity (Wildman–Crippen MR) is 131 cm³/mol. The van der Waals surface area contributed by atoms with E-state index in [1.54, 1.807) is 18.2 Å². The van der Waals surface area contributed by atoms with Gasteiger partial charge in [-0.15, -0.1) is 0 Å². The second kappa shape index (κ2) is 12.6. The van der Waals surface area contributed by atoms with Crippen LogP contribution < -0.4 is 5.73 Å². The number of benzene rings is 2. The summed E-state index contributed by atoms with van der Waals surface area (Å²) >= 11 is 0. The highest BCUT2D eigenvalue weighted by atomic mass is 32.2. The quantitative estimate of drug-likeness (QED) is 0.126. The van der Waals surface area contributed by atoms with Gasteiger partial charge in [-0.2, -0.15) is 4.31 Å². The second-order valence-corrected chi connectivity index (χ2v) is 10.3.